The highest BCUT2D eigenvalue weighted by Crippen LogP contribution is 2.18. The first-order valence-corrected chi connectivity index (χ1v) is 9.12. The van der Waals surface area contributed by atoms with Gasteiger partial charge in [-0.1, -0.05) is 36.4 Å². The molecule has 0 saturated heterocycles. The van der Waals surface area contributed by atoms with Crippen LogP contribution in [0.1, 0.15) is 22.5 Å². The number of aromatic nitrogens is 3. The zero-order valence-electron chi connectivity index (χ0n) is 15.6. The van der Waals surface area contributed by atoms with E-state index in [1.165, 1.54) is 11.1 Å². The van der Waals surface area contributed by atoms with Crippen LogP contribution in [0.5, 0.6) is 0 Å². The highest BCUT2D eigenvalue weighted by atomic mass is 15.3. The van der Waals surface area contributed by atoms with Crippen molar-refractivity contribution in [1.29, 1.82) is 0 Å². The molecule has 0 spiro atoms. The quantitative estimate of drug-likeness (QED) is 0.679. The second-order valence-electron chi connectivity index (χ2n) is 6.55. The number of rotatable bonds is 8. The first-order valence-electron chi connectivity index (χ1n) is 9.12. The van der Waals surface area contributed by atoms with Gasteiger partial charge >= 0.3 is 0 Å². The molecule has 0 unspecified atom stereocenters. The van der Waals surface area contributed by atoms with Crippen LogP contribution in [0.15, 0.2) is 54.7 Å². The van der Waals surface area contributed by atoms with Gasteiger partial charge < -0.3 is 5.73 Å². The minimum atomic E-state index is 0.654. The van der Waals surface area contributed by atoms with Crippen molar-refractivity contribution < 1.29 is 0 Å². The molecule has 1 aromatic carbocycles. The Kier molecular flexibility index (Phi) is 6.15. The summed E-state index contributed by atoms with van der Waals surface area (Å²) in [7, 11) is 0. The molecule has 0 atom stereocenters. The predicted molar refractivity (Wildman–Crippen MR) is 105 cm³/mol. The van der Waals surface area contributed by atoms with Crippen LogP contribution in [0, 0.1) is 13.8 Å². The average molecular weight is 349 g/mol. The van der Waals surface area contributed by atoms with Gasteiger partial charge in [0.15, 0.2) is 5.82 Å². The van der Waals surface area contributed by atoms with Gasteiger partial charge in [-0.15, -0.1) is 0 Å². The average Bonchev–Trinajstić information content (AvgIpc) is 2.96. The first kappa shape index (κ1) is 18.3. The standard InChI is InChI=1S/C21H27N5/c1-17-20(18(2)26(24-17)21-10-6-7-13-23-21)16-25(15-12-22)14-11-19-8-4-3-5-9-19/h3-10,13H,11-12,14-16,22H2,1-2H3. The van der Waals surface area contributed by atoms with E-state index in [1.54, 1.807) is 6.20 Å². The van der Waals surface area contributed by atoms with Gasteiger partial charge in [0.25, 0.3) is 0 Å². The van der Waals surface area contributed by atoms with Gasteiger partial charge in [-0.25, -0.2) is 9.67 Å². The predicted octanol–water partition coefficient (Wildman–Crippen LogP) is 2.89. The molecule has 0 aliphatic heterocycles. The van der Waals surface area contributed by atoms with E-state index < -0.39 is 0 Å². The molecule has 5 nitrogen and oxygen atoms in total. The van der Waals surface area contributed by atoms with E-state index >= 15 is 0 Å². The lowest BCUT2D eigenvalue weighted by molar-refractivity contribution is 0.275. The molecule has 0 aliphatic carbocycles. The molecular formula is C21H27N5. The van der Waals surface area contributed by atoms with Crippen LogP contribution >= 0.6 is 0 Å². The smallest absolute Gasteiger partial charge is 0.153 e. The molecule has 0 saturated carbocycles. The molecule has 26 heavy (non-hydrogen) atoms. The van der Waals surface area contributed by atoms with E-state index in [1.807, 2.05) is 22.9 Å². The van der Waals surface area contributed by atoms with Gasteiger partial charge in [-0.05, 0) is 38.0 Å². The largest absolute Gasteiger partial charge is 0.329 e. The Morgan fingerprint density at radius 1 is 1.00 bits per heavy atom. The van der Waals surface area contributed by atoms with Crippen LogP contribution in [0.3, 0.4) is 0 Å². The topological polar surface area (TPSA) is 60.0 Å². The van der Waals surface area contributed by atoms with Crippen molar-refractivity contribution >= 4 is 0 Å². The van der Waals surface area contributed by atoms with Gasteiger partial charge in [0, 0.05) is 43.6 Å². The molecule has 2 aromatic heterocycles. The third-order valence-electron chi connectivity index (χ3n) is 4.69. The van der Waals surface area contributed by atoms with Gasteiger partial charge in [-0.2, -0.15) is 5.10 Å². The minimum absolute atomic E-state index is 0.654. The molecule has 0 bridgehead atoms. The summed E-state index contributed by atoms with van der Waals surface area (Å²) in [5.74, 6) is 0.856. The summed E-state index contributed by atoms with van der Waals surface area (Å²) in [5.41, 5.74) is 10.7. The zero-order valence-corrected chi connectivity index (χ0v) is 15.6. The van der Waals surface area contributed by atoms with Crippen molar-refractivity contribution in [2.45, 2.75) is 26.8 Å². The van der Waals surface area contributed by atoms with E-state index in [9.17, 15) is 0 Å². The lowest BCUT2D eigenvalue weighted by Crippen LogP contribution is -2.31. The van der Waals surface area contributed by atoms with Crippen molar-refractivity contribution in [3.05, 3.63) is 77.2 Å². The summed E-state index contributed by atoms with van der Waals surface area (Å²) < 4.78 is 1.93. The number of nitrogens with two attached hydrogens (primary N) is 1. The van der Waals surface area contributed by atoms with E-state index in [0.29, 0.717) is 6.54 Å². The van der Waals surface area contributed by atoms with Crippen LogP contribution in [-0.4, -0.2) is 39.3 Å². The SMILES string of the molecule is Cc1nn(-c2ccccn2)c(C)c1CN(CCN)CCc1ccccc1. The summed E-state index contributed by atoms with van der Waals surface area (Å²) in [5, 5.41) is 4.71. The third kappa shape index (κ3) is 4.36. The highest BCUT2D eigenvalue weighted by Gasteiger charge is 2.16. The summed E-state index contributed by atoms with van der Waals surface area (Å²) in [6.45, 7) is 7.55. The number of hydrogen-bond acceptors (Lipinski definition) is 4. The molecular weight excluding hydrogens is 322 g/mol. The van der Waals surface area contributed by atoms with E-state index in [2.05, 4.69) is 54.1 Å². The van der Waals surface area contributed by atoms with E-state index in [0.717, 1.165) is 43.3 Å². The fraction of sp³-hybridized carbons (Fsp3) is 0.333. The minimum Gasteiger partial charge on any atom is -0.329 e. The lowest BCUT2D eigenvalue weighted by Gasteiger charge is -2.22. The van der Waals surface area contributed by atoms with Gasteiger partial charge in [0.2, 0.25) is 0 Å². The summed E-state index contributed by atoms with van der Waals surface area (Å²) in [6, 6.07) is 16.5. The summed E-state index contributed by atoms with van der Waals surface area (Å²) >= 11 is 0. The Bertz CT molecular complexity index is 811. The molecule has 0 aliphatic rings. The number of benzene rings is 1. The molecule has 5 heteroatoms. The van der Waals surface area contributed by atoms with Crippen molar-refractivity contribution in [3.8, 4) is 5.82 Å². The van der Waals surface area contributed by atoms with Crippen molar-refractivity contribution in [2.75, 3.05) is 19.6 Å². The molecule has 2 N–H and O–H groups in total. The molecule has 0 radical (unpaired) electrons. The maximum Gasteiger partial charge on any atom is 0.153 e. The Labute approximate surface area is 155 Å². The Morgan fingerprint density at radius 3 is 2.46 bits per heavy atom. The van der Waals surface area contributed by atoms with Gasteiger partial charge in [0.1, 0.15) is 0 Å². The molecule has 136 valence electrons. The third-order valence-corrected chi connectivity index (χ3v) is 4.69. The van der Waals surface area contributed by atoms with Crippen LogP contribution in [0.4, 0.5) is 0 Å². The molecule has 0 fully saturated rings. The van der Waals surface area contributed by atoms with Crippen LogP contribution in [-0.2, 0) is 13.0 Å². The molecule has 2 heterocycles. The molecule has 0 amide bonds. The molecule has 3 rings (SSSR count). The van der Waals surface area contributed by atoms with E-state index in [-0.39, 0.29) is 0 Å². The van der Waals surface area contributed by atoms with Gasteiger partial charge in [-0.3, -0.25) is 4.90 Å². The number of pyridine rings is 1. The zero-order chi connectivity index (χ0) is 18.4. The normalized spacial score (nSPS) is 11.2. The first-order chi connectivity index (χ1) is 12.7. The summed E-state index contributed by atoms with van der Waals surface area (Å²) in [4.78, 5) is 6.83. The lowest BCUT2D eigenvalue weighted by atomic mass is 10.1. The van der Waals surface area contributed by atoms with Crippen molar-refractivity contribution in [2.24, 2.45) is 5.73 Å². The molecule has 3 aromatic rings. The number of nitrogens with zero attached hydrogens (tertiary/aromatic N) is 4. The second-order valence-corrected chi connectivity index (χ2v) is 6.55. The van der Waals surface area contributed by atoms with Crippen LogP contribution < -0.4 is 5.73 Å². The van der Waals surface area contributed by atoms with Crippen LogP contribution in [0.25, 0.3) is 5.82 Å². The Hall–Kier alpha value is -2.50. The fourth-order valence-corrected chi connectivity index (χ4v) is 3.21. The van der Waals surface area contributed by atoms with Crippen molar-refractivity contribution in [1.82, 2.24) is 19.7 Å². The Balaban J connectivity index is 1.75. The number of hydrogen-bond donors (Lipinski definition) is 1. The fourth-order valence-electron chi connectivity index (χ4n) is 3.21. The van der Waals surface area contributed by atoms with Crippen LogP contribution in [0.2, 0.25) is 0 Å². The highest BCUT2D eigenvalue weighted by molar-refractivity contribution is 5.32. The monoisotopic (exact) mass is 349 g/mol. The Morgan fingerprint density at radius 2 is 1.77 bits per heavy atom. The van der Waals surface area contributed by atoms with E-state index in [4.69, 9.17) is 10.8 Å². The van der Waals surface area contributed by atoms with Gasteiger partial charge in [0.05, 0.1) is 5.69 Å². The van der Waals surface area contributed by atoms with Crippen molar-refractivity contribution in [3.63, 3.8) is 0 Å². The summed E-state index contributed by atoms with van der Waals surface area (Å²) in [6.07, 6.45) is 2.82. The maximum absolute atomic E-state index is 5.85. The number of aryl methyl sites for hydroxylation is 1. The second kappa shape index (κ2) is 8.74. The maximum atomic E-state index is 5.85.